The minimum absolute atomic E-state index is 0. The van der Waals surface area contributed by atoms with Crippen molar-refractivity contribution in [3.05, 3.63) is 29.8 Å². The van der Waals surface area contributed by atoms with Gasteiger partial charge in [-0.3, -0.25) is 4.90 Å². The molecule has 30 heavy (non-hydrogen) atoms. The fraction of sp³-hybridized carbons (Fsp3) is 0.611. The van der Waals surface area contributed by atoms with Gasteiger partial charge in [-0.2, -0.15) is 26.3 Å². The number of rotatable bonds is 10. The summed E-state index contributed by atoms with van der Waals surface area (Å²) in [5, 5.41) is 6.06. The van der Waals surface area contributed by atoms with E-state index in [1.807, 2.05) is 6.92 Å². The number of hydrogen-bond donors (Lipinski definition) is 2. The molecule has 0 saturated carbocycles. The first-order valence-corrected chi connectivity index (χ1v) is 9.04. The maximum Gasteiger partial charge on any atom is 0.422 e. The Bertz CT molecular complexity index is 623. The predicted octanol–water partition coefficient (Wildman–Crippen LogP) is 4.19. The molecule has 0 aliphatic rings. The Balaban J connectivity index is 0.00000841. The number of guanidine groups is 1. The summed E-state index contributed by atoms with van der Waals surface area (Å²) in [7, 11) is 1.41. The highest BCUT2D eigenvalue weighted by atomic mass is 127. The average molecular weight is 556 g/mol. The molecule has 1 aromatic rings. The summed E-state index contributed by atoms with van der Waals surface area (Å²) in [6, 6.07) is 6.11. The molecular weight excluding hydrogens is 529 g/mol. The third-order valence-electron chi connectivity index (χ3n) is 3.55. The highest BCUT2D eigenvalue weighted by molar-refractivity contribution is 14.0. The summed E-state index contributed by atoms with van der Waals surface area (Å²) in [5.74, 6) is 0.617. The van der Waals surface area contributed by atoms with Crippen LogP contribution in [0.15, 0.2) is 29.3 Å². The molecule has 174 valence electrons. The molecule has 0 unspecified atom stereocenters. The molecule has 0 saturated heterocycles. The van der Waals surface area contributed by atoms with Crippen LogP contribution in [0.2, 0.25) is 0 Å². The minimum atomic E-state index is -4.39. The zero-order valence-corrected chi connectivity index (χ0v) is 19.1. The molecule has 0 fully saturated rings. The van der Waals surface area contributed by atoms with Crippen LogP contribution in [0.3, 0.4) is 0 Å². The summed E-state index contributed by atoms with van der Waals surface area (Å²) in [5.41, 5.74) is 0.770. The van der Waals surface area contributed by atoms with Crippen LogP contribution in [-0.2, 0) is 6.54 Å². The zero-order valence-electron chi connectivity index (χ0n) is 16.7. The smallest absolute Gasteiger partial charge is 0.422 e. The van der Waals surface area contributed by atoms with Crippen molar-refractivity contribution in [2.45, 2.75) is 32.2 Å². The lowest BCUT2D eigenvalue weighted by Gasteiger charge is -2.19. The molecule has 5 nitrogen and oxygen atoms in total. The first kappa shape index (κ1) is 28.6. The van der Waals surface area contributed by atoms with Crippen molar-refractivity contribution in [1.29, 1.82) is 0 Å². The number of benzene rings is 1. The Hall–Kier alpha value is -1.44. The van der Waals surface area contributed by atoms with Crippen molar-refractivity contribution in [2.24, 2.45) is 4.99 Å². The van der Waals surface area contributed by atoms with Gasteiger partial charge < -0.3 is 15.4 Å². The van der Waals surface area contributed by atoms with Crippen LogP contribution in [0.25, 0.3) is 0 Å². The molecule has 1 rings (SSSR count). The van der Waals surface area contributed by atoms with Gasteiger partial charge in [0.2, 0.25) is 0 Å². The Morgan fingerprint density at radius 1 is 1.03 bits per heavy atom. The van der Waals surface area contributed by atoms with Crippen molar-refractivity contribution in [2.75, 3.05) is 39.8 Å². The Morgan fingerprint density at radius 2 is 1.67 bits per heavy atom. The van der Waals surface area contributed by atoms with Crippen LogP contribution >= 0.6 is 24.0 Å². The molecule has 2 N–H and O–H groups in total. The molecule has 0 atom stereocenters. The molecular formula is C18H27F6IN4O. The zero-order chi connectivity index (χ0) is 21.9. The van der Waals surface area contributed by atoms with Crippen molar-refractivity contribution < 1.29 is 31.1 Å². The second kappa shape index (κ2) is 13.8. The van der Waals surface area contributed by atoms with Gasteiger partial charge in [0.1, 0.15) is 5.75 Å². The third-order valence-corrected chi connectivity index (χ3v) is 3.55. The summed E-state index contributed by atoms with van der Waals surface area (Å²) < 4.78 is 77.9. The van der Waals surface area contributed by atoms with Crippen LogP contribution < -0.4 is 15.4 Å². The van der Waals surface area contributed by atoms with E-state index >= 15 is 0 Å². The van der Waals surface area contributed by atoms with Crippen LogP contribution in [0, 0.1) is 0 Å². The molecule has 0 spiro atoms. The average Bonchev–Trinajstić information content (AvgIpc) is 2.60. The quantitative estimate of drug-likeness (QED) is 0.149. The van der Waals surface area contributed by atoms with Crippen LogP contribution in [0.4, 0.5) is 26.3 Å². The van der Waals surface area contributed by atoms with Gasteiger partial charge in [-0.15, -0.1) is 24.0 Å². The van der Waals surface area contributed by atoms with Crippen LogP contribution in [-0.4, -0.2) is 63.0 Å². The van der Waals surface area contributed by atoms with Gasteiger partial charge in [0.15, 0.2) is 12.6 Å². The number of hydrogen-bond acceptors (Lipinski definition) is 3. The monoisotopic (exact) mass is 556 g/mol. The molecule has 0 aliphatic carbocycles. The van der Waals surface area contributed by atoms with E-state index in [0.717, 1.165) is 5.56 Å². The molecule has 0 amide bonds. The summed E-state index contributed by atoms with van der Waals surface area (Å²) in [4.78, 5) is 5.56. The Morgan fingerprint density at radius 3 is 2.20 bits per heavy atom. The van der Waals surface area contributed by atoms with Crippen LogP contribution in [0.5, 0.6) is 5.75 Å². The van der Waals surface area contributed by atoms with Gasteiger partial charge in [0, 0.05) is 13.1 Å². The number of ether oxygens (including phenoxy) is 1. The Kier molecular flexibility index (Phi) is 13.1. The standard InChI is InChI=1S/C18H26F6N4O.HI/c1-3-25-16(26-9-4-10-28(2)12-17(19,20)21)27-11-14-5-7-15(8-6-14)29-13-18(22,23)24;/h5-8H,3-4,9-13H2,1-2H3,(H2,25,26,27);1H. The van der Waals surface area contributed by atoms with E-state index in [4.69, 9.17) is 0 Å². The van der Waals surface area contributed by atoms with E-state index in [-0.39, 0.29) is 42.8 Å². The summed E-state index contributed by atoms with van der Waals surface area (Å²) >= 11 is 0. The van der Waals surface area contributed by atoms with Gasteiger partial charge in [-0.05, 0) is 44.6 Å². The summed E-state index contributed by atoms with van der Waals surface area (Å²) in [6.45, 7) is 1.18. The van der Waals surface area contributed by atoms with Crippen molar-refractivity contribution in [1.82, 2.24) is 15.5 Å². The fourth-order valence-corrected chi connectivity index (χ4v) is 2.31. The maximum absolute atomic E-state index is 12.3. The van der Waals surface area contributed by atoms with Gasteiger partial charge in [0.05, 0.1) is 13.1 Å². The van der Waals surface area contributed by atoms with Gasteiger partial charge in [-0.1, -0.05) is 12.1 Å². The topological polar surface area (TPSA) is 48.9 Å². The molecule has 0 aliphatic heterocycles. The van der Waals surface area contributed by atoms with Crippen molar-refractivity contribution in [3.63, 3.8) is 0 Å². The largest absolute Gasteiger partial charge is 0.484 e. The van der Waals surface area contributed by atoms with E-state index in [0.29, 0.717) is 25.5 Å². The number of aliphatic imine (C=N–C) groups is 1. The lowest BCUT2D eigenvalue weighted by atomic mass is 10.2. The van der Waals surface area contributed by atoms with Gasteiger partial charge in [0.25, 0.3) is 0 Å². The third kappa shape index (κ3) is 14.5. The maximum atomic E-state index is 12.3. The highest BCUT2D eigenvalue weighted by Gasteiger charge is 2.29. The van der Waals surface area contributed by atoms with E-state index < -0.39 is 25.5 Å². The van der Waals surface area contributed by atoms with E-state index in [1.54, 1.807) is 12.1 Å². The first-order chi connectivity index (χ1) is 13.5. The molecule has 0 heterocycles. The lowest BCUT2D eigenvalue weighted by molar-refractivity contribution is -0.153. The second-order valence-electron chi connectivity index (χ2n) is 6.38. The van der Waals surface area contributed by atoms with E-state index in [2.05, 4.69) is 20.4 Å². The number of alkyl halides is 6. The van der Waals surface area contributed by atoms with E-state index in [9.17, 15) is 26.3 Å². The molecule has 0 radical (unpaired) electrons. The Labute approximate surface area is 189 Å². The SMILES string of the molecule is CCNC(=NCc1ccc(OCC(F)(F)F)cc1)NCCCN(C)CC(F)(F)F.I. The first-order valence-electron chi connectivity index (χ1n) is 9.04. The minimum Gasteiger partial charge on any atom is -0.484 e. The van der Waals surface area contributed by atoms with Crippen LogP contribution in [0.1, 0.15) is 18.9 Å². The predicted molar refractivity (Wildman–Crippen MR) is 114 cm³/mol. The summed E-state index contributed by atoms with van der Waals surface area (Å²) in [6.07, 6.45) is -8.11. The highest BCUT2D eigenvalue weighted by Crippen LogP contribution is 2.19. The molecule has 0 bridgehead atoms. The second-order valence-corrected chi connectivity index (χ2v) is 6.38. The lowest BCUT2D eigenvalue weighted by Crippen LogP contribution is -2.39. The molecule has 1 aromatic carbocycles. The number of nitrogens with zero attached hydrogens (tertiary/aromatic N) is 2. The van der Waals surface area contributed by atoms with Crippen molar-refractivity contribution >= 4 is 29.9 Å². The number of halogens is 7. The van der Waals surface area contributed by atoms with Crippen molar-refractivity contribution in [3.8, 4) is 5.75 Å². The normalized spacial score (nSPS) is 12.5. The molecule has 12 heteroatoms. The molecule has 0 aromatic heterocycles. The van der Waals surface area contributed by atoms with E-state index in [1.165, 1.54) is 24.1 Å². The fourth-order valence-electron chi connectivity index (χ4n) is 2.31. The van der Waals surface area contributed by atoms with Gasteiger partial charge >= 0.3 is 12.4 Å². The van der Waals surface area contributed by atoms with Gasteiger partial charge in [-0.25, -0.2) is 4.99 Å². The number of nitrogens with one attached hydrogen (secondary N) is 2.